The zero-order valence-corrected chi connectivity index (χ0v) is 9.47. The van der Waals surface area contributed by atoms with Crippen molar-refractivity contribution in [2.45, 2.75) is 35.9 Å². The molecule has 0 spiro atoms. The average molecular weight is 212 g/mol. The number of hydrogen-bond acceptors (Lipinski definition) is 4. The first-order valence-electron chi connectivity index (χ1n) is 3.51. The van der Waals surface area contributed by atoms with E-state index >= 15 is 0 Å². The topological polar surface area (TPSA) is 0 Å². The maximum atomic E-state index is 2.27. The zero-order valence-electron chi connectivity index (χ0n) is 6.20. The molecule has 0 unspecified atom stereocenters. The Bertz CT molecular complexity index is 85.7. The van der Waals surface area contributed by atoms with E-state index in [1.807, 2.05) is 31.4 Å². The second-order valence-corrected chi connectivity index (χ2v) is 8.53. The molecular weight excluding hydrogens is 200 g/mol. The molecule has 0 radical (unpaired) electrons. The van der Waals surface area contributed by atoms with Gasteiger partial charge in [0.05, 0.1) is 9.16 Å². The molecule has 60 valence electrons. The minimum atomic E-state index is 0.844. The van der Waals surface area contributed by atoms with Crippen molar-refractivity contribution in [3.05, 3.63) is 0 Å². The summed E-state index contributed by atoms with van der Waals surface area (Å²) in [5.41, 5.74) is 0. The third-order valence-corrected chi connectivity index (χ3v) is 9.04. The minimum Gasteiger partial charge on any atom is -0.131 e. The molecule has 1 rings (SSSR count). The molecule has 0 N–H and O–H groups in total. The summed E-state index contributed by atoms with van der Waals surface area (Å²) < 4.78 is 1.69. The summed E-state index contributed by atoms with van der Waals surface area (Å²) in [5, 5.41) is 0. The largest absolute Gasteiger partial charge is 0.131 e. The summed E-state index contributed by atoms with van der Waals surface area (Å²) in [4.78, 5) is 0. The van der Waals surface area contributed by atoms with E-state index in [1.165, 1.54) is 12.8 Å². The molecule has 0 nitrogen and oxygen atoms in total. The quantitative estimate of drug-likeness (QED) is 0.628. The van der Waals surface area contributed by atoms with Crippen molar-refractivity contribution in [1.82, 2.24) is 0 Å². The maximum absolute atomic E-state index is 2.27. The SMILES string of the molecule is CC[C@@H]1SSS[C@@H](CC)S1. The molecular formula is C6H12S4. The summed E-state index contributed by atoms with van der Waals surface area (Å²) in [7, 11) is 6.02. The number of hydrogen-bond donors (Lipinski definition) is 0. The molecule has 1 fully saturated rings. The van der Waals surface area contributed by atoms with Crippen LogP contribution >= 0.6 is 43.2 Å². The van der Waals surface area contributed by atoms with Crippen LogP contribution < -0.4 is 0 Å². The lowest BCUT2D eigenvalue weighted by molar-refractivity contribution is 1.02. The molecule has 10 heavy (non-hydrogen) atoms. The lowest BCUT2D eigenvalue weighted by atomic mass is 10.6. The molecule has 1 aliphatic heterocycles. The highest BCUT2D eigenvalue weighted by molar-refractivity contribution is 9.11. The van der Waals surface area contributed by atoms with Gasteiger partial charge in [-0.1, -0.05) is 35.4 Å². The van der Waals surface area contributed by atoms with Crippen molar-refractivity contribution in [1.29, 1.82) is 0 Å². The Hall–Kier alpha value is 1.40. The highest BCUT2D eigenvalue weighted by atomic mass is 33.5. The van der Waals surface area contributed by atoms with Crippen LogP contribution in [0.4, 0.5) is 0 Å². The van der Waals surface area contributed by atoms with Gasteiger partial charge >= 0.3 is 0 Å². The fourth-order valence-electron chi connectivity index (χ4n) is 0.653. The molecule has 0 aliphatic carbocycles. The maximum Gasteiger partial charge on any atom is 0.0623 e. The van der Waals surface area contributed by atoms with Gasteiger partial charge < -0.3 is 0 Å². The van der Waals surface area contributed by atoms with Crippen molar-refractivity contribution in [2.24, 2.45) is 0 Å². The van der Waals surface area contributed by atoms with Crippen LogP contribution in [0.25, 0.3) is 0 Å². The zero-order chi connectivity index (χ0) is 7.40. The van der Waals surface area contributed by atoms with Gasteiger partial charge in [0.1, 0.15) is 0 Å². The van der Waals surface area contributed by atoms with Crippen LogP contribution in [0.1, 0.15) is 26.7 Å². The van der Waals surface area contributed by atoms with E-state index in [2.05, 4.69) is 25.6 Å². The van der Waals surface area contributed by atoms with Gasteiger partial charge in [0.15, 0.2) is 0 Å². The fraction of sp³-hybridized carbons (Fsp3) is 1.00. The second-order valence-electron chi connectivity index (χ2n) is 2.07. The molecule has 4 heteroatoms. The Morgan fingerprint density at radius 1 is 1.00 bits per heavy atom. The highest BCUT2D eigenvalue weighted by Gasteiger charge is 2.21. The summed E-state index contributed by atoms with van der Waals surface area (Å²) >= 11 is 2.14. The summed E-state index contributed by atoms with van der Waals surface area (Å²) in [6.07, 6.45) is 2.61. The molecule has 0 aromatic heterocycles. The first kappa shape index (κ1) is 9.49. The average Bonchev–Trinajstić information content (AvgIpc) is 2.05. The molecule has 1 saturated heterocycles. The third kappa shape index (κ3) is 2.80. The van der Waals surface area contributed by atoms with E-state index in [-0.39, 0.29) is 0 Å². The van der Waals surface area contributed by atoms with Gasteiger partial charge in [-0.05, 0) is 22.7 Å². The van der Waals surface area contributed by atoms with Crippen LogP contribution in [0.3, 0.4) is 0 Å². The Labute approximate surface area is 78.9 Å². The summed E-state index contributed by atoms with van der Waals surface area (Å²) in [6, 6.07) is 0. The van der Waals surface area contributed by atoms with Crippen molar-refractivity contribution in [3.8, 4) is 0 Å². The van der Waals surface area contributed by atoms with Crippen molar-refractivity contribution in [2.75, 3.05) is 0 Å². The Morgan fingerprint density at radius 2 is 1.50 bits per heavy atom. The fourth-order valence-corrected chi connectivity index (χ4v) is 9.26. The smallest absolute Gasteiger partial charge is 0.0623 e. The summed E-state index contributed by atoms with van der Waals surface area (Å²) in [5.74, 6) is 0. The van der Waals surface area contributed by atoms with Gasteiger partial charge in [-0.2, -0.15) is 0 Å². The van der Waals surface area contributed by atoms with E-state index in [0.717, 1.165) is 9.16 Å². The van der Waals surface area contributed by atoms with Crippen LogP contribution in [0, 0.1) is 0 Å². The van der Waals surface area contributed by atoms with Crippen LogP contribution in [0.5, 0.6) is 0 Å². The van der Waals surface area contributed by atoms with Crippen molar-refractivity contribution < 1.29 is 0 Å². The second kappa shape index (κ2) is 5.12. The van der Waals surface area contributed by atoms with Crippen LogP contribution in [-0.2, 0) is 0 Å². The van der Waals surface area contributed by atoms with E-state index in [4.69, 9.17) is 0 Å². The monoisotopic (exact) mass is 212 g/mol. The predicted molar refractivity (Wildman–Crippen MR) is 58.5 cm³/mol. The lowest BCUT2D eigenvalue weighted by Crippen LogP contribution is -2.04. The Balaban J connectivity index is 2.25. The van der Waals surface area contributed by atoms with Gasteiger partial charge in [-0.15, -0.1) is 11.8 Å². The number of thioether (sulfide) groups is 1. The normalized spacial score (nSPS) is 34.2. The van der Waals surface area contributed by atoms with Gasteiger partial charge in [0.25, 0.3) is 0 Å². The molecule has 0 saturated carbocycles. The first-order chi connectivity index (χ1) is 4.86. The molecule has 0 aromatic rings. The summed E-state index contributed by atoms with van der Waals surface area (Å²) in [6.45, 7) is 4.54. The molecule has 1 heterocycles. The van der Waals surface area contributed by atoms with E-state index in [1.54, 1.807) is 0 Å². The van der Waals surface area contributed by atoms with Crippen LogP contribution in [0.15, 0.2) is 0 Å². The minimum absolute atomic E-state index is 0.844. The van der Waals surface area contributed by atoms with E-state index in [0.29, 0.717) is 0 Å². The van der Waals surface area contributed by atoms with Gasteiger partial charge in [-0.25, -0.2) is 0 Å². The number of rotatable bonds is 2. The van der Waals surface area contributed by atoms with Crippen molar-refractivity contribution in [3.63, 3.8) is 0 Å². The first-order valence-corrected chi connectivity index (χ1v) is 8.06. The molecule has 2 atom stereocenters. The van der Waals surface area contributed by atoms with E-state index < -0.39 is 0 Å². The van der Waals surface area contributed by atoms with Gasteiger partial charge in [0, 0.05) is 0 Å². The Kier molecular flexibility index (Phi) is 4.86. The van der Waals surface area contributed by atoms with Gasteiger partial charge in [0.2, 0.25) is 0 Å². The van der Waals surface area contributed by atoms with Crippen LogP contribution in [0.2, 0.25) is 0 Å². The molecule has 1 aliphatic rings. The van der Waals surface area contributed by atoms with Crippen LogP contribution in [-0.4, -0.2) is 9.16 Å². The molecule has 0 bridgehead atoms. The van der Waals surface area contributed by atoms with Crippen molar-refractivity contribution >= 4 is 43.2 Å². The molecule has 0 amide bonds. The highest BCUT2D eigenvalue weighted by Crippen LogP contribution is 2.55. The Morgan fingerprint density at radius 3 is 1.90 bits per heavy atom. The van der Waals surface area contributed by atoms with Gasteiger partial charge in [-0.3, -0.25) is 0 Å². The lowest BCUT2D eigenvalue weighted by Gasteiger charge is -2.24. The third-order valence-electron chi connectivity index (χ3n) is 1.26. The van der Waals surface area contributed by atoms with E-state index in [9.17, 15) is 0 Å². The predicted octanol–water partition coefficient (Wildman–Crippen LogP) is 4.24. The molecule has 0 aromatic carbocycles. The standard InChI is InChI=1S/C6H12S4/c1-3-5-7-6(4-2)9-10-8-5/h5-6H,3-4H2,1-2H3/t5-,6-/m0/s1.